The fraction of sp³-hybridized carbons (Fsp3) is 0.500. The first-order valence-electron chi connectivity index (χ1n) is 7.06. The van der Waals surface area contributed by atoms with Gasteiger partial charge in [-0.1, -0.05) is 17.7 Å². The minimum absolute atomic E-state index is 0.0404. The second-order valence-corrected chi connectivity index (χ2v) is 7.54. The van der Waals surface area contributed by atoms with E-state index >= 15 is 0 Å². The van der Waals surface area contributed by atoms with Gasteiger partial charge in [-0.15, -0.1) is 0 Å². The molecule has 2 atom stereocenters. The van der Waals surface area contributed by atoms with Crippen LogP contribution in [0.2, 0.25) is 5.02 Å². The SMILES string of the molecule is O=C(O)C(Cc1c(F)cccc1Cl)NS(=O)(=O)CC1CCCO1. The van der Waals surface area contributed by atoms with Crippen LogP contribution < -0.4 is 4.72 Å². The summed E-state index contributed by atoms with van der Waals surface area (Å²) in [4.78, 5) is 11.3. The molecule has 0 saturated carbocycles. The lowest BCUT2D eigenvalue weighted by Gasteiger charge is -2.17. The summed E-state index contributed by atoms with van der Waals surface area (Å²) >= 11 is 5.86. The molecule has 1 aliphatic rings. The standard InChI is InChI=1S/C14H17ClFNO5S/c15-11-4-1-5-12(16)10(11)7-13(14(18)19)17-23(20,21)8-9-3-2-6-22-9/h1,4-5,9,13,17H,2-3,6-8H2,(H,18,19). The van der Waals surface area contributed by atoms with E-state index in [9.17, 15) is 22.7 Å². The lowest BCUT2D eigenvalue weighted by atomic mass is 10.1. The third-order valence-corrected chi connectivity index (χ3v) is 5.33. The number of carboxylic acids is 1. The smallest absolute Gasteiger partial charge is 0.322 e. The molecule has 0 aliphatic carbocycles. The maximum absolute atomic E-state index is 13.8. The number of benzene rings is 1. The lowest BCUT2D eigenvalue weighted by Crippen LogP contribution is -2.45. The Bertz CT molecular complexity index is 655. The summed E-state index contributed by atoms with van der Waals surface area (Å²) in [5.41, 5.74) is -0.0404. The van der Waals surface area contributed by atoms with Crippen LogP contribution in [-0.2, 0) is 26.0 Å². The average molecular weight is 366 g/mol. The van der Waals surface area contributed by atoms with Crippen LogP contribution >= 0.6 is 11.6 Å². The molecule has 2 unspecified atom stereocenters. The highest BCUT2D eigenvalue weighted by Crippen LogP contribution is 2.21. The molecule has 1 saturated heterocycles. The summed E-state index contributed by atoms with van der Waals surface area (Å²) in [6, 6.07) is 2.44. The number of sulfonamides is 1. The Kier molecular flexibility index (Phi) is 5.96. The summed E-state index contributed by atoms with van der Waals surface area (Å²) in [7, 11) is -3.88. The summed E-state index contributed by atoms with van der Waals surface area (Å²) < 4.78 is 45.3. The third-order valence-electron chi connectivity index (χ3n) is 3.52. The van der Waals surface area contributed by atoms with Gasteiger partial charge in [0.25, 0.3) is 0 Å². The molecular formula is C14H17ClFNO5S. The predicted octanol–water partition coefficient (Wildman–Crippen LogP) is 1.57. The molecule has 1 aromatic carbocycles. The van der Waals surface area contributed by atoms with Crippen molar-refractivity contribution in [3.63, 3.8) is 0 Å². The van der Waals surface area contributed by atoms with Crippen LogP contribution in [0.5, 0.6) is 0 Å². The van der Waals surface area contributed by atoms with Crippen molar-refractivity contribution in [1.29, 1.82) is 0 Å². The molecule has 1 heterocycles. The van der Waals surface area contributed by atoms with Crippen LogP contribution in [0.15, 0.2) is 18.2 Å². The monoisotopic (exact) mass is 365 g/mol. The van der Waals surface area contributed by atoms with Gasteiger partial charge in [0.15, 0.2) is 0 Å². The minimum atomic E-state index is -3.88. The van der Waals surface area contributed by atoms with Crippen molar-refractivity contribution in [2.75, 3.05) is 12.4 Å². The lowest BCUT2D eigenvalue weighted by molar-refractivity contribution is -0.138. The number of nitrogens with one attached hydrogen (secondary N) is 1. The van der Waals surface area contributed by atoms with Crippen molar-refractivity contribution in [1.82, 2.24) is 4.72 Å². The van der Waals surface area contributed by atoms with Gasteiger partial charge in [0.1, 0.15) is 11.9 Å². The van der Waals surface area contributed by atoms with Gasteiger partial charge in [-0.2, -0.15) is 0 Å². The van der Waals surface area contributed by atoms with E-state index < -0.39 is 34.0 Å². The fourth-order valence-corrected chi connectivity index (χ4v) is 4.10. The molecule has 0 radical (unpaired) electrons. The largest absolute Gasteiger partial charge is 0.480 e. The van der Waals surface area contributed by atoms with E-state index in [-0.39, 0.29) is 22.8 Å². The van der Waals surface area contributed by atoms with E-state index in [0.717, 1.165) is 12.5 Å². The van der Waals surface area contributed by atoms with Crippen LogP contribution in [0.25, 0.3) is 0 Å². The molecule has 1 aliphatic heterocycles. The van der Waals surface area contributed by atoms with Crippen molar-refractivity contribution in [2.24, 2.45) is 0 Å². The van der Waals surface area contributed by atoms with Crippen LogP contribution in [0.1, 0.15) is 18.4 Å². The molecular weight excluding hydrogens is 349 g/mol. The number of aliphatic carboxylic acids is 1. The first-order chi connectivity index (χ1) is 10.8. The first kappa shape index (κ1) is 18.1. The van der Waals surface area contributed by atoms with Gasteiger partial charge >= 0.3 is 5.97 Å². The Labute approximate surface area is 138 Å². The molecule has 0 spiro atoms. The van der Waals surface area contributed by atoms with Crippen molar-refractivity contribution >= 4 is 27.6 Å². The van der Waals surface area contributed by atoms with Gasteiger partial charge in [-0.25, -0.2) is 17.5 Å². The van der Waals surface area contributed by atoms with E-state index in [2.05, 4.69) is 4.72 Å². The molecule has 23 heavy (non-hydrogen) atoms. The second kappa shape index (κ2) is 7.57. The van der Waals surface area contributed by atoms with E-state index in [1.165, 1.54) is 12.1 Å². The maximum Gasteiger partial charge on any atom is 0.322 e. The molecule has 0 amide bonds. The zero-order chi connectivity index (χ0) is 17.0. The van der Waals surface area contributed by atoms with Gasteiger partial charge in [-0.05, 0) is 25.0 Å². The molecule has 6 nitrogen and oxygen atoms in total. The van der Waals surface area contributed by atoms with Crippen molar-refractivity contribution in [2.45, 2.75) is 31.4 Å². The van der Waals surface area contributed by atoms with E-state index in [1.807, 2.05) is 0 Å². The minimum Gasteiger partial charge on any atom is -0.480 e. The van der Waals surface area contributed by atoms with Gasteiger partial charge < -0.3 is 9.84 Å². The number of ether oxygens (including phenoxy) is 1. The Morgan fingerprint density at radius 1 is 1.52 bits per heavy atom. The highest BCUT2D eigenvalue weighted by Gasteiger charge is 2.29. The molecule has 9 heteroatoms. The van der Waals surface area contributed by atoms with Gasteiger partial charge in [-0.3, -0.25) is 4.79 Å². The maximum atomic E-state index is 13.8. The number of halogens is 2. The quantitative estimate of drug-likeness (QED) is 0.765. The van der Waals surface area contributed by atoms with Crippen molar-refractivity contribution in [3.8, 4) is 0 Å². The highest BCUT2D eigenvalue weighted by atomic mass is 35.5. The Balaban J connectivity index is 2.11. The molecule has 1 aromatic rings. The number of carboxylic acid groups (broad SMARTS) is 1. The summed E-state index contributed by atoms with van der Waals surface area (Å²) in [6.07, 6.45) is 0.551. The summed E-state index contributed by atoms with van der Waals surface area (Å²) in [6.45, 7) is 0.493. The summed E-state index contributed by atoms with van der Waals surface area (Å²) in [5.74, 6) is -2.40. The predicted molar refractivity (Wildman–Crippen MR) is 82.4 cm³/mol. The van der Waals surface area contributed by atoms with E-state index in [1.54, 1.807) is 0 Å². The first-order valence-corrected chi connectivity index (χ1v) is 9.09. The Morgan fingerprint density at radius 3 is 2.83 bits per heavy atom. The molecule has 1 fully saturated rings. The van der Waals surface area contributed by atoms with Gasteiger partial charge in [0.2, 0.25) is 10.0 Å². The molecule has 0 aromatic heterocycles. The highest BCUT2D eigenvalue weighted by molar-refractivity contribution is 7.89. The molecule has 2 N–H and O–H groups in total. The van der Waals surface area contributed by atoms with Crippen LogP contribution in [0.3, 0.4) is 0 Å². The number of rotatable bonds is 7. The van der Waals surface area contributed by atoms with Crippen molar-refractivity contribution in [3.05, 3.63) is 34.6 Å². The topological polar surface area (TPSA) is 92.7 Å². The van der Waals surface area contributed by atoms with E-state index in [4.69, 9.17) is 16.3 Å². The summed E-state index contributed by atoms with van der Waals surface area (Å²) in [5, 5.41) is 9.27. The van der Waals surface area contributed by atoms with Crippen LogP contribution in [0.4, 0.5) is 4.39 Å². The second-order valence-electron chi connectivity index (χ2n) is 5.33. The Morgan fingerprint density at radius 2 is 2.26 bits per heavy atom. The number of carbonyl (C=O) groups is 1. The van der Waals surface area contributed by atoms with Crippen LogP contribution in [-0.4, -0.2) is 44.0 Å². The molecule has 2 rings (SSSR count). The van der Waals surface area contributed by atoms with Crippen molar-refractivity contribution < 1.29 is 27.4 Å². The molecule has 128 valence electrons. The third kappa shape index (κ3) is 5.13. The zero-order valence-corrected chi connectivity index (χ0v) is 13.7. The molecule has 0 bridgehead atoms. The van der Waals surface area contributed by atoms with Crippen LogP contribution in [0, 0.1) is 5.82 Å². The van der Waals surface area contributed by atoms with Gasteiger partial charge in [0, 0.05) is 23.6 Å². The number of hydrogen-bond donors (Lipinski definition) is 2. The van der Waals surface area contributed by atoms with E-state index in [0.29, 0.717) is 13.0 Å². The Hall–Kier alpha value is -1.22. The fourth-order valence-electron chi connectivity index (χ4n) is 2.40. The normalized spacial score (nSPS) is 19.7. The average Bonchev–Trinajstić information content (AvgIpc) is 2.93. The van der Waals surface area contributed by atoms with Gasteiger partial charge in [0.05, 0.1) is 11.9 Å². The number of hydrogen-bond acceptors (Lipinski definition) is 4. The zero-order valence-electron chi connectivity index (χ0n) is 12.2.